The summed E-state index contributed by atoms with van der Waals surface area (Å²) in [5.41, 5.74) is -2.99. The van der Waals surface area contributed by atoms with E-state index in [1.165, 1.54) is 6.07 Å². The SMILES string of the molecule is CCC(C)(C)CCc1cccc(SC(F)(F)F)c1. The van der Waals surface area contributed by atoms with Crippen molar-refractivity contribution in [2.45, 2.75) is 50.4 Å². The summed E-state index contributed by atoms with van der Waals surface area (Å²) in [5, 5.41) is 0. The summed E-state index contributed by atoms with van der Waals surface area (Å²) in [6.45, 7) is 6.50. The summed E-state index contributed by atoms with van der Waals surface area (Å²) >= 11 is -0.0460. The first kappa shape index (κ1) is 15.4. The van der Waals surface area contributed by atoms with Crippen LogP contribution in [0.4, 0.5) is 13.2 Å². The number of rotatable bonds is 5. The molecule has 4 heteroatoms. The van der Waals surface area contributed by atoms with Crippen LogP contribution in [-0.4, -0.2) is 5.51 Å². The fourth-order valence-electron chi connectivity index (χ4n) is 1.56. The van der Waals surface area contributed by atoms with Gasteiger partial charge in [0.15, 0.2) is 0 Å². The highest BCUT2D eigenvalue weighted by atomic mass is 32.2. The fraction of sp³-hybridized carbons (Fsp3) is 0.571. The first-order valence-corrected chi connectivity index (χ1v) is 6.88. The van der Waals surface area contributed by atoms with E-state index in [9.17, 15) is 13.2 Å². The summed E-state index contributed by atoms with van der Waals surface area (Å²) in [6.07, 6.45) is 2.89. The first-order chi connectivity index (χ1) is 8.22. The predicted molar refractivity (Wildman–Crippen MR) is 70.7 cm³/mol. The van der Waals surface area contributed by atoms with Crippen molar-refractivity contribution in [3.05, 3.63) is 29.8 Å². The summed E-state index contributed by atoms with van der Waals surface area (Å²) in [7, 11) is 0. The van der Waals surface area contributed by atoms with Crippen LogP contribution in [0.25, 0.3) is 0 Å². The second-order valence-electron chi connectivity index (χ2n) is 5.21. The molecule has 0 aliphatic rings. The lowest BCUT2D eigenvalue weighted by atomic mass is 9.84. The van der Waals surface area contributed by atoms with Crippen LogP contribution in [0.1, 0.15) is 39.2 Å². The normalized spacial score (nSPS) is 12.8. The van der Waals surface area contributed by atoms with E-state index in [4.69, 9.17) is 0 Å². The van der Waals surface area contributed by atoms with Gasteiger partial charge in [0.05, 0.1) is 0 Å². The molecule has 0 amide bonds. The Morgan fingerprint density at radius 3 is 2.39 bits per heavy atom. The Hall–Kier alpha value is -0.640. The van der Waals surface area contributed by atoms with E-state index in [0.717, 1.165) is 24.8 Å². The lowest BCUT2D eigenvalue weighted by Gasteiger charge is -2.22. The minimum absolute atomic E-state index is 0.0460. The van der Waals surface area contributed by atoms with Gasteiger partial charge in [-0.3, -0.25) is 0 Å². The maximum absolute atomic E-state index is 12.3. The molecule has 0 bridgehead atoms. The number of hydrogen-bond donors (Lipinski definition) is 0. The van der Waals surface area contributed by atoms with E-state index in [1.807, 2.05) is 6.07 Å². The molecular weight excluding hydrogens is 257 g/mol. The largest absolute Gasteiger partial charge is 0.446 e. The van der Waals surface area contributed by atoms with Crippen LogP contribution in [0, 0.1) is 5.41 Å². The van der Waals surface area contributed by atoms with Crippen LogP contribution in [0.5, 0.6) is 0 Å². The standard InChI is InChI=1S/C14H19F3S/c1-4-13(2,3)9-8-11-6-5-7-12(10-11)18-14(15,16)17/h5-7,10H,4,8-9H2,1-3H3. The van der Waals surface area contributed by atoms with Crippen LogP contribution in [0.15, 0.2) is 29.2 Å². The third kappa shape index (κ3) is 5.80. The van der Waals surface area contributed by atoms with Crippen molar-refractivity contribution in [2.24, 2.45) is 5.41 Å². The van der Waals surface area contributed by atoms with Crippen molar-refractivity contribution in [2.75, 3.05) is 0 Å². The molecule has 0 nitrogen and oxygen atoms in total. The molecule has 0 aliphatic heterocycles. The molecular formula is C14H19F3S. The van der Waals surface area contributed by atoms with Crippen molar-refractivity contribution in [3.8, 4) is 0 Å². The van der Waals surface area contributed by atoms with Gasteiger partial charge in [0.2, 0.25) is 0 Å². The number of aryl methyl sites for hydroxylation is 1. The maximum Gasteiger partial charge on any atom is 0.446 e. The molecule has 0 heterocycles. The molecule has 0 N–H and O–H groups in total. The molecule has 18 heavy (non-hydrogen) atoms. The van der Waals surface area contributed by atoms with Crippen LogP contribution in [0.3, 0.4) is 0 Å². The average Bonchev–Trinajstić information content (AvgIpc) is 2.25. The van der Waals surface area contributed by atoms with Crippen LogP contribution < -0.4 is 0 Å². The maximum atomic E-state index is 12.3. The third-order valence-electron chi connectivity index (χ3n) is 3.18. The van der Waals surface area contributed by atoms with Gasteiger partial charge in [-0.25, -0.2) is 0 Å². The lowest BCUT2D eigenvalue weighted by molar-refractivity contribution is -0.0328. The van der Waals surface area contributed by atoms with Crippen molar-refractivity contribution in [1.82, 2.24) is 0 Å². The van der Waals surface area contributed by atoms with Gasteiger partial charge >= 0.3 is 5.51 Å². The summed E-state index contributed by atoms with van der Waals surface area (Å²) in [4.78, 5) is 0.273. The smallest absolute Gasteiger partial charge is 0.160 e. The van der Waals surface area contributed by atoms with Gasteiger partial charge in [0.25, 0.3) is 0 Å². The molecule has 0 aliphatic carbocycles. The van der Waals surface area contributed by atoms with Gasteiger partial charge in [-0.1, -0.05) is 39.3 Å². The van der Waals surface area contributed by atoms with Crippen molar-refractivity contribution < 1.29 is 13.2 Å². The molecule has 0 unspecified atom stereocenters. The predicted octanol–water partition coefficient (Wildman–Crippen LogP) is 5.67. The Kier molecular flexibility index (Phi) is 5.14. The number of alkyl halides is 3. The molecule has 0 saturated heterocycles. The van der Waals surface area contributed by atoms with E-state index in [-0.39, 0.29) is 22.1 Å². The second-order valence-corrected chi connectivity index (χ2v) is 6.35. The van der Waals surface area contributed by atoms with Crippen molar-refractivity contribution in [3.63, 3.8) is 0 Å². The second kappa shape index (κ2) is 6.00. The average molecular weight is 276 g/mol. The minimum atomic E-state index is -4.21. The fourth-order valence-corrected chi connectivity index (χ4v) is 2.18. The van der Waals surface area contributed by atoms with E-state index < -0.39 is 5.51 Å². The van der Waals surface area contributed by atoms with Gasteiger partial charge in [-0.05, 0) is 47.7 Å². The molecule has 0 radical (unpaired) electrons. The van der Waals surface area contributed by atoms with Gasteiger partial charge in [0, 0.05) is 4.90 Å². The quantitative estimate of drug-likeness (QED) is 0.625. The molecule has 102 valence electrons. The molecule has 1 rings (SSSR count). The van der Waals surface area contributed by atoms with Crippen LogP contribution in [0.2, 0.25) is 0 Å². The van der Waals surface area contributed by atoms with Crippen molar-refractivity contribution >= 4 is 11.8 Å². The Morgan fingerprint density at radius 1 is 1.17 bits per heavy atom. The van der Waals surface area contributed by atoms with E-state index >= 15 is 0 Å². The van der Waals surface area contributed by atoms with E-state index in [1.54, 1.807) is 12.1 Å². The van der Waals surface area contributed by atoms with Gasteiger partial charge in [-0.15, -0.1) is 0 Å². The number of thioether (sulfide) groups is 1. The molecule has 0 atom stereocenters. The lowest BCUT2D eigenvalue weighted by Crippen LogP contribution is -2.10. The molecule has 0 aromatic heterocycles. The van der Waals surface area contributed by atoms with Crippen LogP contribution >= 0.6 is 11.8 Å². The van der Waals surface area contributed by atoms with Gasteiger partial charge in [0.1, 0.15) is 0 Å². The zero-order chi connectivity index (χ0) is 13.8. The minimum Gasteiger partial charge on any atom is -0.160 e. The van der Waals surface area contributed by atoms with Gasteiger partial charge < -0.3 is 0 Å². The number of benzene rings is 1. The highest BCUT2D eigenvalue weighted by Crippen LogP contribution is 2.37. The zero-order valence-corrected chi connectivity index (χ0v) is 11.8. The summed E-state index contributed by atoms with van der Waals surface area (Å²) < 4.78 is 36.8. The highest BCUT2D eigenvalue weighted by molar-refractivity contribution is 8.00. The Labute approximate surface area is 111 Å². The number of hydrogen-bond acceptors (Lipinski definition) is 1. The van der Waals surface area contributed by atoms with Crippen molar-refractivity contribution in [1.29, 1.82) is 0 Å². The Morgan fingerprint density at radius 2 is 1.83 bits per heavy atom. The Balaban J connectivity index is 2.65. The first-order valence-electron chi connectivity index (χ1n) is 6.06. The third-order valence-corrected chi connectivity index (χ3v) is 3.90. The topological polar surface area (TPSA) is 0 Å². The van der Waals surface area contributed by atoms with Crippen LogP contribution in [-0.2, 0) is 6.42 Å². The molecule has 1 aromatic carbocycles. The highest BCUT2D eigenvalue weighted by Gasteiger charge is 2.29. The summed E-state index contributed by atoms with van der Waals surface area (Å²) in [5.74, 6) is 0. The van der Waals surface area contributed by atoms with E-state index in [2.05, 4.69) is 20.8 Å². The molecule has 0 saturated carbocycles. The molecule has 0 fully saturated rings. The van der Waals surface area contributed by atoms with Gasteiger partial charge in [-0.2, -0.15) is 13.2 Å². The Bertz CT molecular complexity index is 383. The molecule has 0 spiro atoms. The molecule has 1 aromatic rings. The summed E-state index contributed by atoms with van der Waals surface area (Å²) in [6, 6.07) is 6.74. The number of halogens is 3. The monoisotopic (exact) mass is 276 g/mol. The van der Waals surface area contributed by atoms with E-state index in [0.29, 0.717) is 0 Å². The zero-order valence-electron chi connectivity index (χ0n) is 11.0.